The summed E-state index contributed by atoms with van der Waals surface area (Å²) in [6.07, 6.45) is 3.97. The Labute approximate surface area is 189 Å². The van der Waals surface area contributed by atoms with Gasteiger partial charge in [0.1, 0.15) is 6.10 Å². The average Bonchev–Trinajstić information content (AvgIpc) is 3.23. The summed E-state index contributed by atoms with van der Waals surface area (Å²) in [6, 6.07) is 9.72. The van der Waals surface area contributed by atoms with E-state index in [2.05, 4.69) is 54.8 Å². The predicted octanol–water partition coefficient (Wildman–Crippen LogP) is 3.36. The van der Waals surface area contributed by atoms with Gasteiger partial charge in [0.2, 0.25) is 0 Å². The van der Waals surface area contributed by atoms with Crippen molar-refractivity contribution in [2.24, 2.45) is 24.8 Å². The molecule has 0 saturated carbocycles. The molecule has 1 aromatic carbocycles. The molecular weight excluding hydrogens is 404 g/mol. The van der Waals surface area contributed by atoms with Crippen LogP contribution in [0.4, 0.5) is 0 Å². The molecular formula is C26H34N2O4. The minimum Gasteiger partial charge on any atom is -0.388 e. The topological polar surface area (TPSA) is 56.1 Å². The Hall–Kier alpha value is -1.44. The van der Waals surface area contributed by atoms with Crippen LogP contribution in [0.3, 0.4) is 0 Å². The van der Waals surface area contributed by atoms with Gasteiger partial charge in [0.25, 0.3) is 0 Å². The van der Waals surface area contributed by atoms with E-state index in [9.17, 15) is 5.11 Å². The third-order valence-electron chi connectivity index (χ3n) is 9.65. The molecule has 32 heavy (non-hydrogen) atoms. The minimum atomic E-state index is -0.893. The number of likely N-dealkylation sites (N-methyl/N-ethyl adjacent to an activating group) is 1. The van der Waals surface area contributed by atoms with Gasteiger partial charge in [-0.2, -0.15) is 0 Å². The van der Waals surface area contributed by atoms with Crippen LogP contribution in [0.25, 0.3) is 10.9 Å². The van der Waals surface area contributed by atoms with E-state index in [1.165, 1.54) is 22.2 Å². The second kappa shape index (κ2) is 6.57. The van der Waals surface area contributed by atoms with Gasteiger partial charge < -0.3 is 23.9 Å². The van der Waals surface area contributed by atoms with Gasteiger partial charge >= 0.3 is 0 Å². The largest absolute Gasteiger partial charge is 0.388 e. The summed E-state index contributed by atoms with van der Waals surface area (Å²) in [5.41, 5.74) is 4.36. The second-order valence-corrected chi connectivity index (χ2v) is 11.0. The highest BCUT2D eigenvalue weighted by Gasteiger charge is 2.65. The van der Waals surface area contributed by atoms with Crippen LogP contribution in [-0.4, -0.2) is 58.6 Å². The number of aryl methyl sites for hydroxylation is 1. The van der Waals surface area contributed by atoms with E-state index < -0.39 is 17.7 Å². The van der Waals surface area contributed by atoms with Crippen molar-refractivity contribution >= 4 is 10.9 Å². The highest BCUT2D eigenvalue weighted by atomic mass is 16.8. The number of aliphatic hydroxyl groups is 1. The van der Waals surface area contributed by atoms with Gasteiger partial charge in [-0.25, -0.2) is 0 Å². The Bertz CT molecular complexity index is 1080. The maximum Gasteiger partial charge on any atom is 0.198 e. The van der Waals surface area contributed by atoms with E-state index in [0.29, 0.717) is 37.1 Å². The van der Waals surface area contributed by atoms with Crippen molar-refractivity contribution in [3.05, 3.63) is 35.5 Å². The number of nitrogens with zero attached hydrogens (tertiary/aromatic N) is 2. The molecule has 172 valence electrons. The number of para-hydroxylation sites is 1. The fourth-order valence-electron chi connectivity index (χ4n) is 8.08. The van der Waals surface area contributed by atoms with Gasteiger partial charge in [0.15, 0.2) is 11.6 Å². The first-order valence-electron chi connectivity index (χ1n) is 12.4. The van der Waals surface area contributed by atoms with Gasteiger partial charge in [-0.3, -0.25) is 4.90 Å². The number of piperidine rings is 1. The van der Waals surface area contributed by atoms with E-state index >= 15 is 0 Å². The maximum absolute atomic E-state index is 10.9. The van der Waals surface area contributed by atoms with Crippen LogP contribution in [0.5, 0.6) is 0 Å². The maximum atomic E-state index is 10.9. The zero-order valence-corrected chi connectivity index (χ0v) is 19.3. The average molecular weight is 439 g/mol. The summed E-state index contributed by atoms with van der Waals surface area (Å²) >= 11 is 0. The quantitative estimate of drug-likeness (QED) is 0.684. The molecule has 1 aromatic heterocycles. The van der Waals surface area contributed by atoms with Crippen molar-refractivity contribution in [2.75, 3.05) is 20.3 Å². The molecule has 6 nitrogen and oxygen atoms in total. The zero-order valence-electron chi connectivity index (χ0n) is 19.3. The SMILES string of the molecule is CN1[C@H]2C[C@@H]3[C@@H](CO[C@@]4(C)O[C@@]5(C[C@@H]34)OCCC[C@@H]5O)[C@@H]1Cc1c2n(C)c2ccccc12. The number of fused-ring (bicyclic) bond motifs is 10. The Morgan fingerprint density at radius 2 is 1.97 bits per heavy atom. The lowest BCUT2D eigenvalue weighted by Crippen LogP contribution is -2.60. The van der Waals surface area contributed by atoms with Crippen LogP contribution >= 0.6 is 0 Å². The van der Waals surface area contributed by atoms with Crippen molar-refractivity contribution in [1.82, 2.24) is 9.47 Å². The number of aromatic nitrogens is 1. The molecule has 1 spiro atoms. The summed E-state index contributed by atoms with van der Waals surface area (Å²) in [4.78, 5) is 2.62. The Kier molecular flexibility index (Phi) is 4.10. The molecule has 4 saturated heterocycles. The van der Waals surface area contributed by atoms with Crippen LogP contribution in [0.15, 0.2) is 24.3 Å². The summed E-state index contributed by atoms with van der Waals surface area (Å²) in [5.74, 6) is -0.352. The zero-order chi connectivity index (χ0) is 21.8. The van der Waals surface area contributed by atoms with Crippen LogP contribution < -0.4 is 0 Å². The van der Waals surface area contributed by atoms with Crippen molar-refractivity contribution in [2.45, 2.75) is 68.8 Å². The van der Waals surface area contributed by atoms with Gasteiger partial charge in [-0.15, -0.1) is 0 Å². The van der Waals surface area contributed by atoms with Gasteiger partial charge in [-0.05, 0) is 57.2 Å². The molecule has 2 aromatic rings. The normalized spacial score (nSPS) is 45.6. The molecule has 0 unspecified atom stereocenters. The summed E-state index contributed by atoms with van der Waals surface area (Å²) in [6.45, 7) is 3.45. The lowest BCUT2D eigenvalue weighted by molar-refractivity contribution is -0.365. The van der Waals surface area contributed by atoms with Crippen LogP contribution in [-0.2, 0) is 27.7 Å². The molecule has 7 rings (SSSR count). The summed E-state index contributed by atoms with van der Waals surface area (Å²) < 4.78 is 21.6. The molecule has 6 heterocycles. The fourth-order valence-corrected chi connectivity index (χ4v) is 8.08. The van der Waals surface area contributed by atoms with E-state index in [1.807, 2.05) is 0 Å². The molecule has 6 heteroatoms. The molecule has 4 fully saturated rings. The number of ether oxygens (including phenoxy) is 3. The van der Waals surface area contributed by atoms with Crippen LogP contribution in [0.2, 0.25) is 0 Å². The molecule has 5 aliphatic heterocycles. The lowest BCUT2D eigenvalue weighted by Gasteiger charge is -2.57. The first-order chi connectivity index (χ1) is 15.4. The Morgan fingerprint density at radius 3 is 2.81 bits per heavy atom. The Morgan fingerprint density at radius 1 is 1.12 bits per heavy atom. The third-order valence-corrected chi connectivity index (χ3v) is 9.65. The predicted molar refractivity (Wildman–Crippen MR) is 120 cm³/mol. The molecule has 5 aliphatic rings. The minimum absolute atomic E-state index is 0.240. The first kappa shape index (κ1) is 20.0. The highest BCUT2D eigenvalue weighted by Crippen LogP contribution is 2.60. The Balaban J connectivity index is 1.30. The van der Waals surface area contributed by atoms with Crippen LogP contribution in [0, 0.1) is 17.8 Å². The number of hydrogen-bond acceptors (Lipinski definition) is 5. The smallest absolute Gasteiger partial charge is 0.198 e. The number of rotatable bonds is 0. The monoisotopic (exact) mass is 438 g/mol. The fraction of sp³-hybridized carbons (Fsp3) is 0.692. The highest BCUT2D eigenvalue weighted by molar-refractivity contribution is 5.86. The molecule has 1 N–H and O–H groups in total. The van der Waals surface area contributed by atoms with Crippen molar-refractivity contribution in [1.29, 1.82) is 0 Å². The molecule has 8 atom stereocenters. The van der Waals surface area contributed by atoms with E-state index in [4.69, 9.17) is 14.2 Å². The van der Waals surface area contributed by atoms with E-state index in [1.54, 1.807) is 0 Å². The van der Waals surface area contributed by atoms with Gasteiger partial charge in [-0.1, -0.05) is 18.2 Å². The van der Waals surface area contributed by atoms with Crippen molar-refractivity contribution in [3.63, 3.8) is 0 Å². The number of hydrogen-bond donors (Lipinski definition) is 1. The molecule has 0 aliphatic carbocycles. The van der Waals surface area contributed by atoms with E-state index in [-0.39, 0.29) is 5.92 Å². The third kappa shape index (κ3) is 2.43. The lowest BCUT2D eigenvalue weighted by atomic mass is 9.63. The standard InChI is InChI=1S/C26H34N2O4/c1-25-19(13-26(32-25)23(29)9-6-10-30-26)16-11-22-24-17(12-21(27(22)2)18(16)14-31-25)15-7-4-5-8-20(15)28(24)3/h4-5,7-8,16,18-19,21-23,29H,6,9-14H2,1-3H3/t16-,18-,19+,21+,22+,23+,25+,26-/m1/s1. The van der Waals surface area contributed by atoms with Gasteiger partial charge in [0, 0.05) is 47.9 Å². The van der Waals surface area contributed by atoms with E-state index in [0.717, 1.165) is 32.1 Å². The summed E-state index contributed by atoms with van der Waals surface area (Å²) in [5, 5.41) is 12.3. The number of aliphatic hydroxyl groups excluding tert-OH is 1. The number of benzene rings is 1. The van der Waals surface area contributed by atoms with Crippen LogP contribution in [0.1, 0.15) is 49.9 Å². The summed E-state index contributed by atoms with van der Waals surface area (Å²) in [7, 11) is 4.54. The molecule has 2 bridgehead atoms. The first-order valence-corrected chi connectivity index (χ1v) is 12.4. The molecule has 0 amide bonds. The van der Waals surface area contributed by atoms with Gasteiger partial charge in [0.05, 0.1) is 19.3 Å². The second-order valence-electron chi connectivity index (χ2n) is 11.0. The van der Waals surface area contributed by atoms with Crippen molar-refractivity contribution in [3.8, 4) is 0 Å². The molecule has 0 radical (unpaired) electrons. The van der Waals surface area contributed by atoms with Crippen molar-refractivity contribution < 1.29 is 19.3 Å².